The van der Waals surface area contributed by atoms with Gasteiger partial charge in [-0.15, -0.1) is 0 Å². The minimum atomic E-state index is -0.357. The van der Waals surface area contributed by atoms with Crippen LogP contribution in [0.15, 0.2) is 125 Å². The van der Waals surface area contributed by atoms with Gasteiger partial charge in [0.05, 0.1) is 0 Å². The van der Waals surface area contributed by atoms with Crippen molar-refractivity contribution in [2.45, 2.75) is 75.7 Å². The van der Waals surface area contributed by atoms with Gasteiger partial charge in [-0.1, -0.05) is 133 Å². The molecule has 0 fully saturated rings. The molecule has 0 unspecified atom stereocenters. The van der Waals surface area contributed by atoms with E-state index in [1.165, 1.54) is 33.4 Å². The third kappa shape index (κ3) is 10.4. The van der Waals surface area contributed by atoms with Crippen molar-refractivity contribution in [3.05, 3.63) is 147 Å². The number of allylic oxidation sites excluding steroid dienone is 19. The van der Waals surface area contributed by atoms with Crippen molar-refractivity contribution in [1.29, 1.82) is 0 Å². The Balaban J connectivity index is 1.94. The Labute approximate surface area is 254 Å². The van der Waals surface area contributed by atoms with Crippen LogP contribution in [-0.4, -0.2) is 11.6 Å². The fourth-order valence-corrected chi connectivity index (χ4v) is 4.77. The number of carbonyl (C=O) groups is 2. The Morgan fingerprint density at radius 3 is 1.64 bits per heavy atom. The van der Waals surface area contributed by atoms with E-state index in [2.05, 4.69) is 108 Å². The van der Waals surface area contributed by atoms with Crippen molar-refractivity contribution in [3.63, 3.8) is 0 Å². The van der Waals surface area contributed by atoms with E-state index in [0.29, 0.717) is 5.57 Å². The molecule has 0 atom stereocenters. The molecule has 2 heteroatoms. The number of ketones is 2. The van der Waals surface area contributed by atoms with Crippen molar-refractivity contribution < 1.29 is 9.59 Å². The fourth-order valence-electron chi connectivity index (χ4n) is 4.77. The fraction of sp³-hybridized carbons (Fsp3) is 0.300. The summed E-state index contributed by atoms with van der Waals surface area (Å²) < 4.78 is 0. The number of hydrogen-bond acceptors (Lipinski definition) is 2. The van der Waals surface area contributed by atoms with Gasteiger partial charge in [0.25, 0.3) is 0 Å². The highest BCUT2D eigenvalue weighted by atomic mass is 16.2. The Morgan fingerprint density at radius 1 is 0.643 bits per heavy atom. The minimum absolute atomic E-state index is 0.261. The zero-order valence-electron chi connectivity index (χ0n) is 27.3. The van der Waals surface area contributed by atoms with Crippen LogP contribution in [0.2, 0.25) is 0 Å². The topological polar surface area (TPSA) is 34.1 Å². The lowest BCUT2D eigenvalue weighted by Gasteiger charge is -2.31. The van der Waals surface area contributed by atoms with Gasteiger partial charge in [-0.2, -0.15) is 0 Å². The van der Waals surface area contributed by atoms with Crippen molar-refractivity contribution in [2.75, 3.05) is 0 Å². The summed E-state index contributed by atoms with van der Waals surface area (Å²) in [4.78, 5) is 24.1. The van der Waals surface area contributed by atoms with Crippen LogP contribution in [0.5, 0.6) is 0 Å². The maximum Gasteiger partial charge on any atom is 0.224 e. The van der Waals surface area contributed by atoms with Crippen LogP contribution in [0.1, 0.15) is 77.1 Å². The molecule has 220 valence electrons. The van der Waals surface area contributed by atoms with E-state index in [0.717, 1.165) is 16.7 Å². The van der Waals surface area contributed by atoms with E-state index in [9.17, 15) is 9.59 Å². The maximum atomic E-state index is 12.1. The largest absolute Gasteiger partial charge is 0.290 e. The monoisotopic (exact) mass is 560 g/mol. The average Bonchev–Trinajstić information content (AvgIpc) is 2.91. The van der Waals surface area contributed by atoms with Crippen LogP contribution in [-0.2, 0) is 9.59 Å². The molecule has 1 aliphatic carbocycles. The lowest BCUT2D eigenvalue weighted by atomic mass is 9.71. The van der Waals surface area contributed by atoms with Crippen LogP contribution >= 0.6 is 0 Å². The molecule has 1 aromatic rings. The molecule has 1 aliphatic rings. The SMILES string of the molecule is CC1=C(/C=C/C(C)=C/C=C/C(C)=C/C=C/C=C(C)/C=C/C=C(C)/C=C/c2c(C)ccc(C)c2C)C(C)(C)CC(=O)C1=O. The molecule has 0 heterocycles. The average molecular weight is 561 g/mol. The number of carbonyl (C=O) groups excluding carboxylic acids is 2. The lowest BCUT2D eigenvalue weighted by Crippen LogP contribution is -2.32. The summed E-state index contributed by atoms with van der Waals surface area (Å²) in [6.07, 6.45) is 29.4. The summed E-state index contributed by atoms with van der Waals surface area (Å²) in [6.45, 7) is 20.6. The van der Waals surface area contributed by atoms with E-state index < -0.39 is 0 Å². The molecule has 0 spiro atoms. The van der Waals surface area contributed by atoms with Gasteiger partial charge in [-0.25, -0.2) is 0 Å². The summed E-state index contributed by atoms with van der Waals surface area (Å²) >= 11 is 0. The summed E-state index contributed by atoms with van der Waals surface area (Å²) in [6, 6.07) is 4.36. The number of benzene rings is 1. The molecule has 1 aromatic carbocycles. The molecular weight excluding hydrogens is 512 g/mol. The van der Waals surface area contributed by atoms with Crippen molar-refractivity contribution in [3.8, 4) is 0 Å². The molecule has 2 rings (SSSR count). The highest BCUT2D eigenvalue weighted by Gasteiger charge is 2.36. The number of Topliss-reactive ketones (excluding diaryl/α,β-unsaturated/α-hetero) is 2. The van der Waals surface area contributed by atoms with Crippen LogP contribution in [0.25, 0.3) is 6.08 Å². The van der Waals surface area contributed by atoms with Gasteiger partial charge in [0.1, 0.15) is 0 Å². The maximum absolute atomic E-state index is 12.1. The molecule has 0 N–H and O–H groups in total. The van der Waals surface area contributed by atoms with E-state index in [1.54, 1.807) is 6.92 Å². The lowest BCUT2D eigenvalue weighted by molar-refractivity contribution is -0.136. The molecule has 0 aromatic heterocycles. The van der Waals surface area contributed by atoms with Gasteiger partial charge in [-0.3, -0.25) is 9.59 Å². The zero-order chi connectivity index (χ0) is 31.4. The molecule has 42 heavy (non-hydrogen) atoms. The van der Waals surface area contributed by atoms with Gasteiger partial charge in [-0.05, 0) is 88.6 Å². The predicted octanol–water partition coefficient (Wildman–Crippen LogP) is 10.5. The Hall–Kier alpha value is -4.04. The van der Waals surface area contributed by atoms with E-state index >= 15 is 0 Å². The van der Waals surface area contributed by atoms with Crippen molar-refractivity contribution >= 4 is 17.6 Å². The molecular formula is C40H48O2. The van der Waals surface area contributed by atoms with Gasteiger partial charge < -0.3 is 0 Å². The van der Waals surface area contributed by atoms with E-state index in [4.69, 9.17) is 0 Å². The second-order valence-electron chi connectivity index (χ2n) is 12.0. The predicted molar refractivity (Wildman–Crippen MR) is 182 cm³/mol. The number of rotatable bonds is 10. The van der Waals surface area contributed by atoms with Gasteiger partial charge >= 0.3 is 0 Å². The standard InChI is InChI=1S/C40H48O2/c1-28(17-13-19-30(3)21-25-36-33(6)24-23-32(5)34(36)7)15-11-12-16-29(2)18-14-20-31(4)22-26-37-35(8)39(42)38(41)27-40(37,9)10/h11-26H,27H2,1-10H3/b12-11+,17-13+,18-14+,25-21+,26-22+,28-15+,29-16+,30-19+,31-20+. The van der Waals surface area contributed by atoms with Crippen molar-refractivity contribution in [2.24, 2.45) is 5.41 Å². The molecule has 0 saturated carbocycles. The van der Waals surface area contributed by atoms with Crippen LogP contribution in [0.4, 0.5) is 0 Å². The Morgan fingerprint density at radius 2 is 1.10 bits per heavy atom. The molecule has 0 saturated heterocycles. The summed E-state index contributed by atoms with van der Waals surface area (Å²) in [7, 11) is 0. The Kier molecular flexibility index (Phi) is 12.9. The summed E-state index contributed by atoms with van der Waals surface area (Å²) in [5.74, 6) is -0.650. The first-order chi connectivity index (χ1) is 19.7. The second-order valence-corrected chi connectivity index (χ2v) is 12.0. The third-order valence-corrected chi connectivity index (χ3v) is 7.62. The first-order valence-electron chi connectivity index (χ1n) is 14.7. The summed E-state index contributed by atoms with van der Waals surface area (Å²) in [5, 5.41) is 0. The van der Waals surface area contributed by atoms with Gasteiger partial charge in [0.2, 0.25) is 11.6 Å². The van der Waals surface area contributed by atoms with Gasteiger partial charge in [0, 0.05) is 12.0 Å². The highest BCUT2D eigenvalue weighted by Crippen LogP contribution is 2.38. The highest BCUT2D eigenvalue weighted by molar-refractivity contribution is 6.44. The number of aryl methyl sites for hydroxylation is 2. The van der Waals surface area contributed by atoms with Gasteiger partial charge in [0.15, 0.2) is 0 Å². The van der Waals surface area contributed by atoms with E-state index in [1.807, 2.05) is 51.2 Å². The van der Waals surface area contributed by atoms with Crippen LogP contribution in [0.3, 0.4) is 0 Å². The summed E-state index contributed by atoms with van der Waals surface area (Å²) in [5.41, 5.74) is 11.0. The smallest absolute Gasteiger partial charge is 0.224 e. The molecule has 2 nitrogen and oxygen atoms in total. The van der Waals surface area contributed by atoms with Crippen molar-refractivity contribution in [1.82, 2.24) is 0 Å². The molecule has 0 bridgehead atoms. The molecule has 0 amide bonds. The minimum Gasteiger partial charge on any atom is -0.290 e. The first kappa shape index (κ1) is 34.2. The first-order valence-corrected chi connectivity index (χ1v) is 14.7. The molecule has 0 radical (unpaired) electrons. The normalized spacial score (nSPS) is 18.0. The van der Waals surface area contributed by atoms with E-state index in [-0.39, 0.29) is 23.4 Å². The third-order valence-electron chi connectivity index (χ3n) is 7.62. The molecule has 0 aliphatic heterocycles. The second kappa shape index (κ2) is 15.8. The van der Waals surface area contributed by atoms with Crippen LogP contribution < -0.4 is 0 Å². The number of hydrogen-bond donors (Lipinski definition) is 0. The zero-order valence-corrected chi connectivity index (χ0v) is 27.3. The Bertz CT molecular complexity index is 1500. The quantitative estimate of drug-likeness (QED) is 0.211. The van der Waals surface area contributed by atoms with Crippen LogP contribution in [0, 0.1) is 26.2 Å².